The molecule has 0 aromatic heterocycles. The van der Waals surface area contributed by atoms with Crippen molar-refractivity contribution >= 4 is 0 Å². The van der Waals surface area contributed by atoms with Gasteiger partial charge in [0, 0.05) is 5.41 Å². The lowest BCUT2D eigenvalue weighted by atomic mass is 9.44. The number of benzene rings is 1. The Morgan fingerprint density at radius 1 is 0.808 bits per heavy atom. The maximum Gasteiger partial charge on any atom is 0.0952 e. The smallest absolute Gasteiger partial charge is 0.0952 e. The summed E-state index contributed by atoms with van der Waals surface area (Å²) in [6.45, 7) is 5.08. The first-order chi connectivity index (χ1) is 12.5. The Hall–Kier alpha value is -0.820. The Labute approximate surface area is 159 Å². The van der Waals surface area contributed by atoms with Gasteiger partial charge in [-0.25, -0.2) is 0 Å². The Kier molecular flexibility index (Phi) is 3.88. The van der Waals surface area contributed by atoms with Gasteiger partial charge < -0.3 is 5.11 Å². The highest BCUT2D eigenvalue weighted by atomic mass is 16.3. The van der Waals surface area contributed by atoms with Gasteiger partial charge in [-0.15, -0.1) is 0 Å². The van der Waals surface area contributed by atoms with Crippen LogP contribution in [0.1, 0.15) is 83.6 Å². The first-order valence-corrected chi connectivity index (χ1v) is 11.3. The van der Waals surface area contributed by atoms with Gasteiger partial charge in [0.25, 0.3) is 0 Å². The van der Waals surface area contributed by atoms with Gasteiger partial charge in [0.1, 0.15) is 0 Å². The molecule has 0 heterocycles. The molecule has 4 saturated carbocycles. The van der Waals surface area contributed by atoms with E-state index in [0.29, 0.717) is 11.3 Å². The van der Waals surface area contributed by atoms with E-state index in [4.69, 9.17) is 0 Å². The summed E-state index contributed by atoms with van der Waals surface area (Å²) in [6, 6.07) is 10.6. The highest BCUT2D eigenvalue weighted by Crippen LogP contribution is 2.69. The van der Waals surface area contributed by atoms with Crippen molar-refractivity contribution in [3.05, 3.63) is 35.9 Å². The van der Waals surface area contributed by atoms with Gasteiger partial charge in [-0.05, 0) is 86.0 Å². The van der Waals surface area contributed by atoms with Crippen molar-refractivity contribution < 1.29 is 5.11 Å². The molecule has 1 aromatic carbocycles. The highest BCUT2D eigenvalue weighted by molar-refractivity contribution is 5.29. The van der Waals surface area contributed by atoms with Gasteiger partial charge in [0.15, 0.2) is 0 Å². The van der Waals surface area contributed by atoms with Crippen molar-refractivity contribution in [2.24, 2.45) is 34.5 Å². The third kappa shape index (κ3) is 2.13. The normalized spacial score (nSPS) is 50.6. The monoisotopic (exact) mass is 352 g/mol. The molecule has 0 saturated heterocycles. The molecule has 26 heavy (non-hydrogen) atoms. The van der Waals surface area contributed by atoms with Crippen molar-refractivity contribution in [1.29, 1.82) is 0 Å². The number of rotatable bonds is 1. The van der Waals surface area contributed by atoms with E-state index in [2.05, 4.69) is 44.2 Å². The standard InChI is InChI=1S/C25H36O/c1-23-15-7-6-8-18(23)11-12-20-21(23)13-16-24(2)22(20)14-17-25(24,26)19-9-4-3-5-10-19/h3-5,9-10,18,20-22,26H,6-8,11-17H2,1-2H3/t18-,20-,21-,22+,23-,24-,25-/m0/s1. The Morgan fingerprint density at radius 2 is 1.58 bits per heavy atom. The van der Waals surface area contributed by atoms with E-state index in [-0.39, 0.29) is 5.41 Å². The van der Waals surface area contributed by atoms with Crippen molar-refractivity contribution in [3.63, 3.8) is 0 Å². The highest BCUT2D eigenvalue weighted by Gasteiger charge is 2.64. The van der Waals surface area contributed by atoms with Gasteiger partial charge in [-0.2, -0.15) is 0 Å². The fourth-order valence-electron chi connectivity index (χ4n) is 8.50. The summed E-state index contributed by atoms with van der Waals surface area (Å²) < 4.78 is 0. The van der Waals surface area contributed by atoms with Crippen molar-refractivity contribution in [2.45, 2.75) is 83.7 Å². The second-order valence-corrected chi connectivity index (χ2v) is 10.6. The molecule has 142 valence electrons. The molecule has 0 aliphatic heterocycles. The lowest BCUT2D eigenvalue weighted by Gasteiger charge is -2.61. The molecule has 4 fully saturated rings. The zero-order valence-corrected chi connectivity index (χ0v) is 16.7. The lowest BCUT2D eigenvalue weighted by Crippen LogP contribution is -2.55. The van der Waals surface area contributed by atoms with E-state index >= 15 is 0 Å². The van der Waals surface area contributed by atoms with Crippen LogP contribution in [0.25, 0.3) is 0 Å². The largest absolute Gasteiger partial charge is 0.385 e. The third-order valence-electron chi connectivity index (χ3n) is 9.99. The fraction of sp³-hybridized carbons (Fsp3) is 0.760. The summed E-state index contributed by atoms with van der Waals surface area (Å²) in [5, 5.41) is 11.9. The van der Waals surface area contributed by atoms with Crippen molar-refractivity contribution in [3.8, 4) is 0 Å². The third-order valence-corrected chi connectivity index (χ3v) is 9.99. The molecule has 1 N–H and O–H groups in total. The number of fused-ring (bicyclic) bond motifs is 5. The van der Waals surface area contributed by atoms with Crippen LogP contribution in [-0.2, 0) is 5.60 Å². The number of hydrogen-bond acceptors (Lipinski definition) is 1. The fourth-order valence-corrected chi connectivity index (χ4v) is 8.50. The number of aliphatic hydroxyl groups is 1. The maximum absolute atomic E-state index is 11.9. The molecular formula is C25H36O. The van der Waals surface area contributed by atoms with Gasteiger partial charge in [-0.1, -0.05) is 57.0 Å². The first kappa shape index (κ1) is 17.3. The van der Waals surface area contributed by atoms with Crippen molar-refractivity contribution in [1.82, 2.24) is 0 Å². The van der Waals surface area contributed by atoms with E-state index in [1.165, 1.54) is 63.4 Å². The predicted molar refractivity (Wildman–Crippen MR) is 107 cm³/mol. The SMILES string of the molecule is C[C@]12CCCC[C@H]1CC[C@@H]1[C@H]3CC[C@](O)(c4ccccc4)[C@@]3(C)CC[C@@H]12. The summed E-state index contributed by atoms with van der Waals surface area (Å²) in [5.41, 5.74) is 1.21. The summed E-state index contributed by atoms with van der Waals surface area (Å²) in [4.78, 5) is 0. The average molecular weight is 353 g/mol. The summed E-state index contributed by atoms with van der Waals surface area (Å²) in [6.07, 6.45) is 13.5. The first-order valence-electron chi connectivity index (χ1n) is 11.3. The molecule has 7 atom stereocenters. The number of hydrogen-bond donors (Lipinski definition) is 1. The Balaban J connectivity index is 1.49. The van der Waals surface area contributed by atoms with Crippen LogP contribution in [0.2, 0.25) is 0 Å². The molecule has 1 heteroatoms. The molecule has 1 nitrogen and oxygen atoms in total. The average Bonchev–Trinajstić information content (AvgIpc) is 2.94. The minimum Gasteiger partial charge on any atom is -0.385 e. The molecule has 5 rings (SSSR count). The molecule has 4 aliphatic carbocycles. The second-order valence-electron chi connectivity index (χ2n) is 10.6. The summed E-state index contributed by atoms with van der Waals surface area (Å²) in [7, 11) is 0. The molecule has 4 aliphatic rings. The van der Waals surface area contributed by atoms with Crippen LogP contribution in [0, 0.1) is 34.5 Å². The van der Waals surface area contributed by atoms with Crippen LogP contribution in [0.5, 0.6) is 0 Å². The lowest BCUT2D eigenvalue weighted by molar-refractivity contribution is -0.154. The van der Waals surface area contributed by atoms with E-state index in [0.717, 1.165) is 24.2 Å². The molecule has 0 spiro atoms. The van der Waals surface area contributed by atoms with Crippen LogP contribution < -0.4 is 0 Å². The Bertz CT molecular complexity index is 668. The van der Waals surface area contributed by atoms with E-state index in [9.17, 15) is 5.11 Å². The maximum atomic E-state index is 11.9. The predicted octanol–water partition coefficient (Wildman–Crippen LogP) is 6.31. The van der Waals surface area contributed by atoms with Crippen LogP contribution in [0.3, 0.4) is 0 Å². The second kappa shape index (κ2) is 5.84. The van der Waals surface area contributed by atoms with Gasteiger partial charge >= 0.3 is 0 Å². The van der Waals surface area contributed by atoms with Crippen molar-refractivity contribution in [2.75, 3.05) is 0 Å². The summed E-state index contributed by atoms with van der Waals surface area (Å²) in [5.74, 6) is 3.46. The van der Waals surface area contributed by atoms with Gasteiger partial charge in [-0.3, -0.25) is 0 Å². The quantitative estimate of drug-likeness (QED) is 0.628. The molecule has 1 aromatic rings. The van der Waals surface area contributed by atoms with Crippen LogP contribution in [-0.4, -0.2) is 5.11 Å². The van der Waals surface area contributed by atoms with E-state index < -0.39 is 5.60 Å². The van der Waals surface area contributed by atoms with Gasteiger partial charge in [0.05, 0.1) is 5.60 Å². The van der Waals surface area contributed by atoms with Crippen LogP contribution in [0.15, 0.2) is 30.3 Å². The zero-order chi connectivity index (χ0) is 18.0. The molecule has 0 radical (unpaired) electrons. The zero-order valence-electron chi connectivity index (χ0n) is 16.7. The van der Waals surface area contributed by atoms with E-state index in [1.807, 2.05) is 0 Å². The Morgan fingerprint density at radius 3 is 2.38 bits per heavy atom. The minimum absolute atomic E-state index is 0.0629. The molecule has 0 amide bonds. The molecular weight excluding hydrogens is 316 g/mol. The minimum atomic E-state index is -0.617. The molecule has 0 bridgehead atoms. The van der Waals surface area contributed by atoms with E-state index in [1.54, 1.807) is 0 Å². The summed E-state index contributed by atoms with van der Waals surface area (Å²) >= 11 is 0. The topological polar surface area (TPSA) is 20.2 Å². The van der Waals surface area contributed by atoms with Gasteiger partial charge in [0.2, 0.25) is 0 Å². The van der Waals surface area contributed by atoms with Crippen LogP contribution in [0.4, 0.5) is 0 Å². The van der Waals surface area contributed by atoms with Crippen LogP contribution >= 0.6 is 0 Å². The molecule has 0 unspecified atom stereocenters.